The van der Waals surface area contributed by atoms with Gasteiger partial charge in [0.1, 0.15) is 22.8 Å². The predicted octanol–water partition coefficient (Wildman–Crippen LogP) is 1.68. The van der Waals surface area contributed by atoms with Crippen molar-refractivity contribution in [1.29, 1.82) is 0 Å². The van der Waals surface area contributed by atoms with Crippen molar-refractivity contribution in [2.45, 2.75) is 13.8 Å². The topological polar surface area (TPSA) is 104 Å². The monoisotopic (exact) mass is 398 g/mol. The molecule has 0 saturated carbocycles. The molecule has 1 aromatic carbocycles. The Hall–Kier alpha value is -3.62. The molecule has 152 valence electrons. The second-order valence-corrected chi connectivity index (χ2v) is 6.25. The Morgan fingerprint density at radius 3 is 2.45 bits per heavy atom. The minimum absolute atomic E-state index is 0.0602. The molecule has 0 aliphatic heterocycles. The molecule has 29 heavy (non-hydrogen) atoms. The lowest BCUT2D eigenvalue weighted by Crippen LogP contribution is -2.37. The van der Waals surface area contributed by atoms with Gasteiger partial charge in [-0.1, -0.05) is 0 Å². The van der Waals surface area contributed by atoms with E-state index in [0.29, 0.717) is 30.4 Å². The average Bonchev–Trinajstić information content (AvgIpc) is 2.72. The second-order valence-electron chi connectivity index (χ2n) is 6.25. The maximum atomic E-state index is 12.8. The first-order chi connectivity index (χ1) is 13.9. The number of aromatic nitrogens is 3. The zero-order valence-electron chi connectivity index (χ0n) is 16.7. The van der Waals surface area contributed by atoms with E-state index < -0.39 is 17.2 Å². The smallest absolute Gasteiger partial charge is 0.332 e. The molecule has 0 saturated heterocycles. The molecule has 1 N–H and O–H groups in total. The standard InChI is InChI=1S/C20H22N4O5/c1-5-28-12-7-10-16(29-6-2)15(11-12)22-18(25)14-9-8-13-17(21-14)23(3)20(27)24(4)19(13)26/h7-11H,5-6H2,1-4H3,(H,22,25). The van der Waals surface area contributed by atoms with Crippen molar-refractivity contribution in [3.8, 4) is 11.5 Å². The fourth-order valence-corrected chi connectivity index (χ4v) is 2.91. The van der Waals surface area contributed by atoms with Gasteiger partial charge in [-0.05, 0) is 38.1 Å². The fraction of sp³-hybridized carbons (Fsp3) is 0.300. The Bertz CT molecular complexity index is 1200. The molecular weight excluding hydrogens is 376 g/mol. The van der Waals surface area contributed by atoms with Gasteiger partial charge in [0, 0.05) is 20.2 Å². The number of pyridine rings is 1. The molecule has 0 spiro atoms. The van der Waals surface area contributed by atoms with E-state index in [9.17, 15) is 14.4 Å². The minimum atomic E-state index is -0.518. The highest BCUT2D eigenvalue weighted by Crippen LogP contribution is 2.29. The molecule has 9 nitrogen and oxygen atoms in total. The Kier molecular flexibility index (Phi) is 5.67. The zero-order valence-corrected chi connectivity index (χ0v) is 16.7. The molecule has 0 atom stereocenters. The Labute approximate surface area is 166 Å². The number of amides is 1. The van der Waals surface area contributed by atoms with Gasteiger partial charge in [0.15, 0.2) is 0 Å². The van der Waals surface area contributed by atoms with Crippen LogP contribution in [-0.2, 0) is 14.1 Å². The van der Waals surface area contributed by atoms with E-state index in [1.807, 2.05) is 13.8 Å². The summed E-state index contributed by atoms with van der Waals surface area (Å²) in [7, 11) is 2.89. The largest absolute Gasteiger partial charge is 0.494 e. The molecule has 3 rings (SSSR count). The SMILES string of the molecule is CCOc1ccc(OCC)c(NC(=O)c2ccc3c(=O)n(C)c(=O)n(C)c3n2)c1. The third kappa shape index (κ3) is 3.84. The summed E-state index contributed by atoms with van der Waals surface area (Å²) in [4.78, 5) is 41.4. The van der Waals surface area contributed by atoms with Crippen molar-refractivity contribution in [2.75, 3.05) is 18.5 Å². The Morgan fingerprint density at radius 2 is 1.76 bits per heavy atom. The summed E-state index contributed by atoms with van der Waals surface area (Å²) in [5.74, 6) is 0.574. The molecule has 2 aromatic heterocycles. The number of aryl methyl sites for hydroxylation is 1. The van der Waals surface area contributed by atoms with Crippen LogP contribution in [0.5, 0.6) is 11.5 Å². The van der Waals surface area contributed by atoms with Crippen molar-refractivity contribution < 1.29 is 14.3 Å². The molecule has 9 heteroatoms. The first kappa shape index (κ1) is 20.1. The van der Waals surface area contributed by atoms with Gasteiger partial charge in [0.2, 0.25) is 0 Å². The highest BCUT2D eigenvalue weighted by Gasteiger charge is 2.16. The Morgan fingerprint density at radius 1 is 1.03 bits per heavy atom. The van der Waals surface area contributed by atoms with Crippen molar-refractivity contribution in [2.24, 2.45) is 14.1 Å². The van der Waals surface area contributed by atoms with Crippen LogP contribution in [0.1, 0.15) is 24.3 Å². The number of nitrogens with zero attached hydrogens (tertiary/aromatic N) is 3. The van der Waals surface area contributed by atoms with E-state index in [2.05, 4.69) is 10.3 Å². The number of ether oxygens (including phenoxy) is 2. The fourth-order valence-electron chi connectivity index (χ4n) is 2.91. The highest BCUT2D eigenvalue weighted by molar-refractivity contribution is 6.04. The summed E-state index contributed by atoms with van der Waals surface area (Å²) < 4.78 is 13.3. The maximum absolute atomic E-state index is 12.8. The van der Waals surface area contributed by atoms with E-state index in [-0.39, 0.29) is 16.7 Å². The van der Waals surface area contributed by atoms with E-state index in [1.165, 1.54) is 30.8 Å². The molecule has 1 amide bonds. The lowest BCUT2D eigenvalue weighted by molar-refractivity contribution is 0.102. The lowest BCUT2D eigenvalue weighted by Gasteiger charge is -2.14. The average molecular weight is 398 g/mol. The molecule has 0 fully saturated rings. The van der Waals surface area contributed by atoms with Gasteiger partial charge in [-0.25, -0.2) is 9.78 Å². The van der Waals surface area contributed by atoms with E-state index in [0.717, 1.165) is 4.57 Å². The number of nitrogens with one attached hydrogen (secondary N) is 1. The Balaban J connectivity index is 2.01. The normalized spacial score (nSPS) is 10.8. The van der Waals surface area contributed by atoms with E-state index in [1.54, 1.807) is 18.2 Å². The number of carbonyl (C=O) groups excluding carboxylic acids is 1. The first-order valence-electron chi connectivity index (χ1n) is 9.15. The summed E-state index contributed by atoms with van der Waals surface area (Å²) in [6.45, 7) is 4.61. The van der Waals surface area contributed by atoms with Crippen molar-refractivity contribution in [3.05, 3.63) is 56.9 Å². The van der Waals surface area contributed by atoms with Crippen LogP contribution >= 0.6 is 0 Å². The quantitative estimate of drug-likeness (QED) is 0.677. The van der Waals surface area contributed by atoms with Gasteiger partial charge in [0.25, 0.3) is 11.5 Å². The van der Waals surface area contributed by atoms with Crippen molar-refractivity contribution in [3.63, 3.8) is 0 Å². The van der Waals surface area contributed by atoms with Crippen LogP contribution in [0, 0.1) is 0 Å². The summed E-state index contributed by atoms with van der Waals surface area (Å²) >= 11 is 0. The van der Waals surface area contributed by atoms with Crippen LogP contribution < -0.4 is 26.0 Å². The number of fused-ring (bicyclic) bond motifs is 1. The summed E-state index contributed by atoms with van der Waals surface area (Å²) in [6.07, 6.45) is 0. The summed E-state index contributed by atoms with van der Waals surface area (Å²) in [5.41, 5.74) is -0.354. The van der Waals surface area contributed by atoms with Gasteiger partial charge in [0.05, 0.1) is 24.3 Å². The molecule has 0 unspecified atom stereocenters. The summed E-state index contributed by atoms with van der Waals surface area (Å²) in [6, 6.07) is 8.06. The molecule has 2 heterocycles. The molecule has 0 bridgehead atoms. The number of rotatable bonds is 6. The van der Waals surface area contributed by atoms with Gasteiger partial charge in [-0.3, -0.25) is 18.7 Å². The van der Waals surface area contributed by atoms with Crippen molar-refractivity contribution >= 4 is 22.6 Å². The summed E-state index contributed by atoms with van der Waals surface area (Å²) in [5, 5.41) is 3.01. The van der Waals surface area contributed by atoms with Crippen molar-refractivity contribution in [1.82, 2.24) is 14.1 Å². The van der Waals surface area contributed by atoms with E-state index >= 15 is 0 Å². The second kappa shape index (κ2) is 8.17. The first-order valence-corrected chi connectivity index (χ1v) is 9.15. The van der Waals surface area contributed by atoms with Crippen LogP contribution in [0.15, 0.2) is 39.9 Å². The predicted molar refractivity (Wildman–Crippen MR) is 109 cm³/mol. The maximum Gasteiger partial charge on any atom is 0.332 e. The number of carbonyl (C=O) groups is 1. The molecule has 0 radical (unpaired) electrons. The van der Waals surface area contributed by atoms with Crippen LogP contribution in [-0.4, -0.2) is 33.2 Å². The number of benzene rings is 1. The molecule has 0 aliphatic rings. The number of hydrogen-bond acceptors (Lipinski definition) is 6. The van der Waals surface area contributed by atoms with Crippen LogP contribution in [0.3, 0.4) is 0 Å². The zero-order chi connectivity index (χ0) is 21.1. The third-order valence-electron chi connectivity index (χ3n) is 4.34. The molecule has 3 aromatic rings. The number of hydrogen-bond donors (Lipinski definition) is 1. The van der Waals surface area contributed by atoms with Crippen LogP contribution in [0.2, 0.25) is 0 Å². The van der Waals surface area contributed by atoms with Gasteiger partial charge < -0.3 is 14.8 Å². The number of anilines is 1. The lowest BCUT2D eigenvalue weighted by atomic mass is 10.2. The van der Waals surface area contributed by atoms with Gasteiger partial charge in [-0.15, -0.1) is 0 Å². The van der Waals surface area contributed by atoms with Crippen LogP contribution in [0.4, 0.5) is 5.69 Å². The highest BCUT2D eigenvalue weighted by atomic mass is 16.5. The molecule has 0 aliphatic carbocycles. The van der Waals surface area contributed by atoms with E-state index in [4.69, 9.17) is 9.47 Å². The minimum Gasteiger partial charge on any atom is -0.494 e. The van der Waals surface area contributed by atoms with Gasteiger partial charge in [-0.2, -0.15) is 0 Å². The third-order valence-corrected chi connectivity index (χ3v) is 4.34. The van der Waals surface area contributed by atoms with Gasteiger partial charge >= 0.3 is 5.69 Å². The molecular formula is C20H22N4O5. The van der Waals surface area contributed by atoms with Crippen LogP contribution in [0.25, 0.3) is 11.0 Å².